The van der Waals surface area contributed by atoms with Crippen molar-refractivity contribution in [1.29, 1.82) is 0 Å². The molecule has 1 heteroatoms. The van der Waals surface area contributed by atoms with E-state index in [1.165, 1.54) is 5.39 Å². The van der Waals surface area contributed by atoms with Gasteiger partial charge in [-0.3, -0.25) is 0 Å². The van der Waals surface area contributed by atoms with Gasteiger partial charge in [0.2, 0.25) is 0 Å². The van der Waals surface area contributed by atoms with E-state index in [4.69, 9.17) is 11.3 Å². The molecule has 0 unspecified atom stereocenters. The first-order chi connectivity index (χ1) is 26.4. The summed E-state index contributed by atoms with van der Waals surface area (Å²) in [6.07, 6.45) is 0. The summed E-state index contributed by atoms with van der Waals surface area (Å²) >= 11 is 0. The average Bonchev–Trinajstić information content (AvgIpc) is 3.57. The van der Waals surface area contributed by atoms with Gasteiger partial charge in [0, 0.05) is 10.8 Å². The third kappa shape index (κ3) is 4.47. The van der Waals surface area contributed by atoms with Gasteiger partial charge in [0.05, 0.1) is 6.85 Å². The Hall–Kier alpha value is -6.44. The molecule has 0 saturated carbocycles. The Labute approximate surface area is 291 Å². The van der Waals surface area contributed by atoms with Crippen LogP contribution in [0.1, 0.15) is 6.85 Å². The van der Waals surface area contributed by atoms with Crippen LogP contribution in [0.5, 0.6) is 0 Å². The highest BCUT2D eigenvalue weighted by Gasteiger charge is 2.20. The topological polar surface area (TPSA) is 13.1 Å². The summed E-state index contributed by atoms with van der Waals surface area (Å²) in [7, 11) is 0. The van der Waals surface area contributed by atoms with Crippen LogP contribution in [0.15, 0.2) is 186 Å². The Balaban J connectivity index is 1.16. The minimum absolute atomic E-state index is 0.197. The molecule has 0 radical (unpaired) electrons. The quantitative estimate of drug-likeness (QED) is 0.177. The summed E-state index contributed by atoms with van der Waals surface area (Å²) in [5.74, 6) is 0. The first-order valence-electron chi connectivity index (χ1n) is 18.9. The van der Waals surface area contributed by atoms with Crippen molar-refractivity contribution in [3.8, 4) is 44.5 Å². The van der Waals surface area contributed by atoms with Crippen LogP contribution in [0.3, 0.4) is 0 Å². The van der Waals surface area contributed by atoms with Crippen molar-refractivity contribution in [2.75, 3.05) is 0 Å². The van der Waals surface area contributed by atoms with E-state index in [9.17, 15) is 0 Å². The van der Waals surface area contributed by atoms with E-state index in [0.29, 0.717) is 5.56 Å². The molecule has 0 aliphatic rings. The van der Waals surface area contributed by atoms with Crippen molar-refractivity contribution < 1.29 is 11.3 Å². The van der Waals surface area contributed by atoms with Gasteiger partial charge in [0.25, 0.3) is 0 Å². The van der Waals surface area contributed by atoms with Gasteiger partial charge in [-0.25, -0.2) is 0 Å². The SMILES string of the molecule is [2H]c1c([2H])c([2H])c(-c2ccc(-c3ccccc3-c3c4ccccc4c(-c4ccc5c(c4)oc4cc6ccccc6cc45)c4ccccc34)cc2)c([2H])c1[2H]. The van der Waals surface area contributed by atoms with Gasteiger partial charge < -0.3 is 4.42 Å². The highest BCUT2D eigenvalue weighted by Crippen LogP contribution is 2.47. The molecule has 0 amide bonds. The molecule has 0 aliphatic carbocycles. The first kappa shape index (κ1) is 23.0. The zero-order chi connectivity index (χ0) is 36.7. The van der Waals surface area contributed by atoms with Crippen molar-refractivity contribution in [2.45, 2.75) is 0 Å². The normalized spacial score (nSPS) is 13.1. The van der Waals surface area contributed by atoms with Crippen molar-refractivity contribution in [2.24, 2.45) is 0 Å². The van der Waals surface area contributed by atoms with Crippen LogP contribution < -0.4 is 0 Å². The molecule has 0 fully saturated rings. The van der Waals surface area contributed by atoms with E-state index in [-0.39, 0.29) is 29.7 Å². The molecule has 10 aromatic rings. The third-order valence-corrected chi connectivity index (χ3v) is 9.74. The summed E-state index contributed by atoms with van der Waals surface area (Å²) in [6, 6.07) is 51.0. The molecule has 1 nitrogen and oxygen atoms in total. The van der Waals surface area contributed by atoms with Crippen LogP contribution in [0.25, 0.3) is 98.8 Å². The van der Waals surface area contributed by atoms with Crippen molar-refractivity contribution in [3.63, 3.8) is 0 Å². The summed E-state index contributed by atoms with van der Waals surface area (Å²) in [5.41, 5.74) is 8.94. The minimum Gasteiger partial charge on any atom is -0.456 e. The Bertz CT molecular complexity index is 3070. The summed E-state index contributed by atoms with van der Waals surface area (Å²) < 4.78 is 47.8. The highest BCUT2D eigenvalue weighted by atomic mass is 16.3. The second-order valence-electron chi connectivity index (χ2n) is 12.5. The van der Waals surface area contributed by atoms with Gasteiger partial charge in [-0.05, 0) is 101 Å². The van der Waals surface area contributed by atoms with Crippen LogP contribution in [0, 0.1) is 0 Å². The molecule has 9 aromatic carbocycles. The zero-order valence-corrected chi connectivity index (χ0v) is 26.3. The van der Waals surface area contributed by atoms with Crippen LogP contribution in [-0.2, 0) is 0 Å². The molecule has 0 spiro atoms. The van der Waals surface area contributed by atoms with E-state index < -0.39 is 6.04 Å². The van der Waals surface area contributed by atoms with E-state index in [0.717, 1.165) is 82.3 Å². The smallest absolute Gasteiger partial charge is 0.136 e. The van der Waals surface area contributed by atoms with E-state index in [1.807, 2.05) is 30.3 Å². The lowest BCUT2D eigenvalue weighted by molar-refractivity contribution is 0.669. The van der Waals surface area contributed by atoms with Crippen LogP contribution in [0.4, 0.5) is 0 Å². The third-order valence-electron chi connectivity index (χ3n) is 9.74. The maximum Gasteiger partial charge on any atom is 0.136 e. The second kappa shape index (κ2) is 11.1. The molecule has 1 aromatic heterocycles. The number of furan rings is 1. The standard InChI is InChI=1S/C48H30O/c1-2-12-31(13-3-1)32-22-24-33(25-23-32)37-16-6-7-17-39(37)48-42-20-10-8-18-40(42)47(41-19-9-11-21-43(41)48)36-26-27-38-44-28-34-14-4-5-15-35(34)29-46(44)49-45(38)30-36/h1-30H/i1D,2D,3D,12D,13D. The average molecular weight is 628 g/mol. The molecule has 228 valence electrons. The monoisotopic (exact) mass is 627 g/mol. The highest BCUT2D eigenvalue weighted by molar-refractivity contribution is 6.23. The fourth-order valence-corrected chi connectivity index (χ4v) is 7.51. The predicted molar refractivity (Wildman–Crippen MR) is 208 cm³/mol. The lowest BCUT2D eigenvalue weighted by Crippen LogP contribution is -1.92. The molecule has 0 N–H and O–H groups in total. The maximum atomic E-state index is 8.48. The Morgan fingerprint density at radius 3 is 1.57 bits per heavy atom. The van der Waals surface area contributed by atoms with Gasteiger partial charge >= 0.3 is 0 Å². The Morgan fingerprint density at radius 2 is 0.878 bits per heavy atom. The molecule has 49 heavy (non-hydrogen) atoms. The van der Waals surface area contributed by atoms with E-state index in [1.54, 1.807) is 0 Å². The second-order valence-corrected chi connectivity index (χ2v) is 12.5. The molecule has 0 saturated heterocycles. The maximum absolute atomic E-state index is 8.48. The number of hydrogen-bond donors (Lipinski definition) is 0. The molecule has 0 aliphatic heterocycles. The zero-order valence-electron chi connectivity index (χ0n) is 31.3. The van der Waals surface area contributed by atoms with Gasteiger partial charge in [-0.15, -0.1) is 0 Å². The lowest BCUT2D eigenvalue weighted by Gasteiger charge is -2.19. The fourth-order valence-electron chi connectivity index (χ4n) is 7.51. The summed E-state index contributed by atoms with van der Waals surface area (Å²) in [5, 5.41) is 9.08. The van der Waals surface area contributed by atoms with Crippen molar-refractivity contribution in [1.82, 2.24) is 0 Å². The molecule has 10 rings (SSSR count). The Kier molecular flexibility index (Phi) is 5.20. The van der Waals surface area contributed by atoms with E-state index in [2.05, 4.69) is 121 Å². The van der Waals surface area contributed by atoms with Gasteiger partial charge in [0.15, 0.2) is 0 Å². The van der Waals surface area contributed by atoms with Gasteiger partial charge in [0.1, 0.15) is 11.2 Å². The van der Waals surface area contributed by atoms with E-state index >= 15 is 0 Å². The van der Waals surface area contributed by atoms with Crippen LogP contribution >= 0.6 is 0 Å². The summed E-state index contributed by atoms with van der Waals surface area (Å²) in [4.78, 5) is 0. The lowest BCUT2D eigenvalue weighted by atomic mass is 9.83. The first-order valence-corrected chi connectivity index (χ1v) is 16.4. The number of fused-ring (bicyclic) bond motifs is 6. The largest absolute Gasteiger partial charge is 0.456 e. The minimum atomic E-state index is -0.395. The molecule has 0 atom stereocenters. The number of benzene rings is 9. The summed E-state index contributed by atoms with van der Waals surface area (Å²) in [6.45, 7) is 0. The van der Waals surface area contributed by atoms with Crippen molar-refractivity contribution >= 4 is 54.3 Å². The molecule has 1 heterocycles. The Morgan fingerprint density at radius 1 is 0.347 bits per heavy atom. The van der Waals surface area contributed by atoms with Crippen LogP contribution in [-0.4, -0.2) is 0 Å². The molecular formula is C48H30O. The van der Waals surface area contributed by atoms with Gasteiger partial charge in [-0.2, -0.15) is 0 Å². The molecule has 0 bridgehead atoms. The number of hydrogen-bond acceptors (Lipinski definition) is 1. The predicted octanol–water partition coefficient (Wildman–Crippen LogP) is 13.7. The van der Waals surface area contributed by atoms with Crippen LogP contribution in [0.2, 0.25) is 0 Å². The fraction of sp³-hybridized carbons (Fsp3) is 0. The van der Waals surface area contributed by atoms with Crippen molar-refractivity contribution in [3.05, 3.63) is 182 Å². The molecular weight excluding hydrogens is 593 g/mol. The van der Waals surface area contributed by atoms with Gasteiger partial charge in [-0.1, -0.05) is 158 Å². The number of rotatable bonds is 4.